The molecule has 0 radical (unpaired) electrons. The number of rotatable bonds is 6. The predicted molar refractivity (Wildman–Crippen MR) is 116 cm³/mol. The van der Waals surface area contributed by atoms with Gasteiger partial charge in [-0.2, -0.15) is 0 Å². The van der Waals surface area contributed by atoms with E-state index in [-0.39, 0.29) is 36.8 Å². The van der Waals surface area contributed by atoms with Crippen LogP contribution in [-0.4, -0.2) is 30.4 Å². The summed E-state index contributed by atoms with van der Waals surface area (Å²) < 4.78 is 5.49. The average Bonchev–Trinajstić information content (AvgIpc) is 2.87. The highest BCUT2D eigenvalue weighted by molar-refractivity contribution is 6.05. The number of hydrogen-bond acceptors (Lipinski definition) is 4. The number of anilines is 2. The molecule has 2 aromatic carbocycles. The van der Waals surface area contributed by atoms with Crippen molar-refractivity contribution in [3.8, 4) is 0 Å². The molecule has 1 heterocycles. The molecule has 6 nitrogen and oxygen atoms in total. The minimum absolute atomic E-state index is 0.0784. The molecule has 1 aliphatic heterocycles. The normalized spacial score (nSPS) is 17.9. The largest absolute Gasteiger partial charge is 0.455 e. The quantitative estimate of drug-likeness (QED) is 0.730. The summed E-state index contributed by atoms with van der Waals surface area (Å²) in [4.78, 5) is 39.6. The molecule has 158 valence electrons. The third kappa shape index (κ3) is 4.70. The standard InChI is InChI=1S/C24H28N2O4/c1-4-16(2)23(18-10-6-5-7-11-18)24(29)30-15-22(28)26-17(3)14-21(27)25-19-12-8-9-13-20(19)26/h5-13,16-17,23H,4,14-15H2,1-3H3,(H,25,27)/t16-,17+,23+/m1/s1. The van der Waals surface area contributed by atoms with Crippen molar-refractivity contribution >= 4 is 29.2 Å². The Balaban J connectivity index is 1.77. The van der Waals surface area contributed by atoms with Gasteiger partial charge in [-0.05, 0) is 30.5 Å². The lowest BCUT2D eigenvalue weighted by Gasteiger charge is -2.28. The van der Waals surface area contributed by atoms with Crippen molar-refractivity contribution in [2.45, 2.75) is 45.6 Å². The van der Waals surface area contributed by atoms with E-state index >= 15 is 0 Å². The highest BCUT2D eigenvalue weighted by atomic mass is 16.5. The predicted octanol–water partition coefficient (Wildman–Crippen LogP) is 4.12. The second-order valence-corrected chi connectivity index (χ2v) is 7.76. The Morgan fingerprint density at radius 3 is 2.50 bits per heavy atom. The maximum Gasteiger partial charge on any atom is 0.314 e. The Labute approximate surface area is 177 Å². The number of carbonyl (C=O) groups excluding carboxylic acids is 3. The molecular formula is C24H28N2O4. The molecular weight excluding hydrogens is 380 g/mol. The van der Waals surface area contributed by atoms with E-state index in [4.69, 9.17) is 4.74 Å². The molecule has 0 unspecified atom stereocenters. The summed E-state index contributed by atoms with van der Waals surface area (Å²) in [5, 5.41) is 2.82. The number of amides is 2. The van der Waals surface area contributed by atoms with Crippen molar-refractivity contribution in [1.29, 1.82) is 0 Å². The number of ether oxygens (including phenoxy) is 1. The van der Waals surface area contributed by atoms with Crippen molar-refractivity contribution in [1.82, 2.24) is 0 Å². The van der Waals surface area contributed by atoms with Crippen LogP contribution in [0.15, 0.2) is 54.6 Å². The third-order valence-corrected chi connectivity index (χ3v) is 5.59. The molecule has 2 amide bonds. The summed E-state index contributed by atoms with van der Waals surface area (Å²) in [5.74, 6) is -1.26. The van der Waals surface area contributed by atoms with Gasteiger partial charge in [0, 0.05) is 12.5 Å². The van der Waals surface area contributed by atoms with E-state index in [0.717, 1.165) is 12.0 Å². The van der Waals surface area contributed by atoms with E-state index < -0.39 is 11.9 Å². The van der Waals surface area contributed by atoms with Crippen molar-refractivity contribution in [3.63, 3.8) is 0 Å². The highest BCUT2D eigenvalue weighted by Crippen LogP contribution is 2.32. The molecule has 2 aromatic rings. The first-order chi connectivity index (χ1) is 14.4. The van der Waals surface area contributed by atoms with Crippen molar-refractivity contribution < 1.29 is 19.1 Å². The number of carbonyl (C=O) groups is 3. The first-order valence-electron chi connectivity index (χ1n) is 10.3. The SMILES string of the molecule is CC[C@@H](C)[C@H](C(=O)OCC(=O)N1c2ccccc2NC(=O)C[C@@H]1C)c1ccccc1. The number of hydrogen-bond donors (Lipinski definition) is 1. The zero-order chi connectivity index (χ0) is 21.7. The van der Waals surface area contributed by atoms with Crippen LogP contribution in [0, 0.1) is 5.92 Å². The highest BCUT2D eigenvalue weighted by Gasteiger charge is 2.32. The van der Waals surface area contributed by atoms with Gasteiger partial charge < -0.3 is 15.0 Å². The maximum absolute atomic E-state index is 13.0. The lowest BCUT2D eigenvalue weighted by molar-refractivity contribution is -0.150. The summed E-state index contributed by atoms with van der Waals surface area (Å²) in [7, 11) is 0. The fourth-order valence-corrected chi connectivity index (χ4v) is 3.85. The van der Waals surface area contributed by atoms with Crippen LogP contribution >= 0.6 is 0 Å². The van der Waals surface area contributed by atoms with Gasteiger partial charge in [-0.3, -0.25) is 14.4 Å². The van der Waals surface area contributed by atoms with Gasteiger partial charge in [0.2, 0.25) is 5.91 Å². The Hall–Kier alpha value is -3.15. The first kappa shape index (κ1) is 21.6. The zero-order valence-electron chi connectivity index (χ0n) is 17.6. The van der Waals surface area contributed by atoms with E-state index in [0.29, 0.717) is 11.4 Å². The van der Waals surface area contributed by atoms with Gasteiger partial charge >= 0.3 is 5.97 Å². The molecule has 0 saturated carbocycles. The summed E-state index contributed by atoms with van der Waals surface area (Å²) in [6.45, 7) is 5.48. The minimum atomic E-state index is -0.430. The van der Waals surface area contributed by atoms with Crippen LogP contribution in [0.5, 0.6) is 0 Å². The molecule has 0 spiro atoms. The van der Waals surface area contributed by atoms with E-state index in [1.165, 1.54) is 0 Å². The molecule has 0 saturated heterocycles. The van der Waals surface area contributed by atoms with Crippen LogP contribution in [0.1, 0.15) is 45.1 Å². The first-order valence-corrected chi connectivity index (χ1v) is 10.3. The fourth-order valence-electron chi connectivity index (χ4n) is 3.85. The summed E-state index contributed by atoms with van der Waals surface area (Å²) in [6.07, 6.45) is 0.987. The van der Waals surface area contributed by atoms with Crippen molar-refractivity contribution in [2.24, 2.45) is 5.92 Å². The lowest BCUT2D eigenvalue weighted by Crippen LogP contribution is -2.42. The van der Waals surface area contributed by atoms with Crippen LogP contribution < -0.4 is 10.2 Å². The second-order valence-electron chi connectivity index (χ2n) is 7.76. The summed E-state index contributed by atoms with van der Waals surface area (Å²) >= 11 is 0. The van der Waals surface area contributed by atoms with Gasteiger partial charge in [0.15, 0.2) is 6.61 Å². The van der Waals surface area contributed by atoms with Gasteiger partial charge in [0.05, 0.1) is 17.3 Å². The van der Waals surface area contributed by atoms with Crippen LogP contribution in [0.3, 0.4) is 0 Å². The zero-order valence-corrected chi connectivity index (χ0v) is 17.6. The fraction of sp³-hybridized carbons (Fsp3) is 0.375. The van der Waals surface area contributed by atoms with Crippen LogP contribution in [0.2, 0.25) is 0 Å². The van der Waals surface area contributed by atoms with E-state index in [9.17, 15) is 14.4 Å². The van der Waals surface area contributed by atoms with E-state index in [1.54, 1.807) is 23.1 Å². The molecule has 3 rings (SSSR count). The molecule has 0 aromatic heterocycles. The summed E-state index contributed by atoms with van der Waals surface area (Å²) in [5.41, 5.74) is 2.07. The molecule has 1 N–H and O–H groups in total. The summed E-state index contributed by atoms with van der Waals surface area (Å²) in [6, 6.07) is 16.3. The minimum Gasteiger partial charge on any atom is -0.455 e. The van der Waals surface area contributed by atoms with E-state index in [2.05, 4.69) is 5.32 Å². The van der Waals surface area contributed by atoms with Crippen LogP contribution in [-0.2, 0) is 19.1 Å². The second kappa shape index (κ2) is 9.57. The molecule has 6 heteroatoms. The Morgan fingerprint density at radius 2 is 1.80 bits per heavy atom. The van der Waals surface area contributed by atoms with Crippen LogP contribution in [0.4, 0.5) is 11.4 Å². The Bertz CT molecular complexity index is 912. The Morgan fingerprint density at radius 1 is 1.13 bits per heavy atom. The average molecular weight is 408 g/mol. The third-order valence-electron chi connectivity index (χ3n) is 5.59. The van der Waals surface area contributed by atoms with Gasteiger partial charge in [-0.25, -0.2) is 0 Å². The van der Waals surface area contributed by atoms with Crippen LogP contribution in [0.25, 0.3) is 0 Å². The topological polar surface area (TPSA) is 75.7 Å². The van der Waals surface area contributed by atoms with Crippen molar-refractivity contribution in [2.75, 3.05) is 16.8 Å². The monoisotopic (exact) mass is 408 g/mol. The Kier molecular flexibility index (Phi) is 6.87. The number of benzene rings is 2. The number of nitrogens with zero attached hydrogens (tertiary/aromatic N) is 1. The van der Waals surface area contributed by atoms with E-state index in [1.807, 2.05) is 57.2 Å². The van der Waals surface area contributed by atoms with Gasteiger partial charge in [0.1, 0.15) is 0 Å². The van der Waals surface area contributed by atoms with Crippen molar-refractivity contribution in [3.05, 3.63) is 60.2 Å². The maximum atomic E-state index is 13.0. The molecule has 0 bridgehead atoms. The lowest BCUT2D eigenvalue weighted by atomic mass is 9.86. The molecule has 3 atom stereocenters. The number of nitrogens with one attached hydrogen (secondary N) is 1. The number of para-hydroxylation sites is 2. The smallest absolute Gasteiger partial charge is 0.314 e. The molecule has 0 aliphatic carbocycles. The molecule has 1 aliphatic rings. The molecule has 0 fully saturated rings. The van der Waals surface area contributed by atoms with Gasteiger partial charge in [0.25, 0.3) is 5.91 Å². The van der Waals surface area contributed by atoms with Gasteiger partial charge in [-0.1, -0.05) is 62.7 Å². The van der Waals surface area contributed by atoms with Gasteiger partial charge in [-0.15, -0.1) is 0 Å². The number of esters is 1. The number of fused-ring (bicyclic) bond motifs is 1. The molecule has 30 heavy (non-hydrogen) atoms.